The minimum atomic E-state index is 0.0397. The number of thioether (sulfide) groups is 1. The second-order valence-electron chi connectivity index (χ2n) is 5.90. The maximum absolute atomic E-state index is 12.8. The molecule has 3 nitrogen and oxygen atoms in total. The largest absolute Gasteiger partial charge is 0.285 e. The molecule has 0 bridgehead atoms. The van der Waals surface area contributed by atoms with Crippen molar-refractivity contribution in [3.63, 3.8) is 0 Å². The van der Waals surface area contributed by atoms with Gasteiger partial charge in [-0.3, -0.25) is 9.36 Å². The van der Waals surface area contributed by atoms with Gasteiger partial charge in [-0.15, -0.1) is 0 Å². The molecule has 0 aliphatic carbocycles. The highest BCUT2D eigenvalue weighted by atomic mass is 32.2. The minimum Gasteiger partial charge on any atom is -0.285 e. The van der Waals surface area contributed by atoms with E-state index in [9.17, 15) is 4.79 Å². The zero-order valence-corrected chi connectivity index (χ0v) is 14.4. The summed E-state index contributed by atoms with van der Waals surface area (Å²) in [6.45, 7) is 6.16. The summed E-state index contributed by atoms with van der Waals surface area (Å²) in [6, 6.07) is 16.0. The maximum atomic E-state index is 12.8. The highest BCUT2D eigenvalue weighted by Crippen LogP contribution is 2.25. The summed E-state index contributed by atoms with van der Waals surface area (Å²) in [7, 11) is 0. The van der Waals surface area contributed by atoms with E-state index in [-0.39, 0.29) is 11.6 Å². The Morgan fingerprint density at radius 2 is 1.78 bits per heavy atom. The summed E-state index contributed by atoms with van der Waals surface area (Å²) < 4.78 is 1.80. The molecule has 0 N–H and O–H groups in total. The van der Waals surface area contributed by atoms with Crippen LogP contribution in [-0.4, -0.2) is 9.55 Å². The average molecular weight is 324 g/mol. The van der Waals surface area contributed by atoms with Gasteiger partial charge in [0.15, 0.2) is 5.16 Å². The molecule has 1 aromatic heterocycles. The van der Waals surface area contributed by atoms with Crippen molar-refractivity contribution in [1.82, 2.24) is 9.55 Å². The number of hydrogen-bond acceptors (Lipinski definition) is 3. The highest BCUT2D eigenvalue weighted by Gasteiger charge is 2.14. The van der Waals surface area contributed by atoms with Crippen molar-refractivity contribution < 1.29 is 0 Å². The van der Waals surface area contributed by atoms with Crippen LogP contribution in [0.2, 0.25) is 0 Å². The Labute approximate surface area is 140 Å². The molecular weight excluding hydrogens is 304 g/mol. The molecule has 0 amide bonds. The number of nitrogens with zero attached hydrogens (tertiary/aromatic N) is 2. The van der Waals surface area contributed by atoms with Crippen LogP contribution in [0, 0.1) is 6.92 Å². The van der Waals surface area contributed by atoms with Crippen molar-refractivity contribution in [2.75, 3.05) is 0 Å². The second-order valence-corrected chi connectivity index (χ2v) is 6.84. The molecule has 3 aromatic rings. The molecule has 0 aliphatic heterocycles. The van der Waals surface area contributed by atoms with E-state index in [1.165, 1.54) is 11.1 Å². The third-order valence-corrected chi connectivity index (χ3v) is 4.91. The molecule has 0 unspecified atom stereocenters. The predicted molar refractivity (Wildman–Crippen MR) is 97.1 cm³/mol. The Morgan fingerprint density at radius 1 is 1.09 bits per heavy atom. The van der Waals surface area contributed by atoms with Crippen LogP contribution in [0.25, 0.3) is 10.9 Å². The van der Waals surface area contributed by atoms with Gasteiger partial charge in [0.05, 0.1) is 10.9 Å². The van der Waals surface area contributed by atoms with Crippen LogP contribution in [0.5, 0.6) is 0 Å². The lowest BCUT2D eigenvalue weighted by molar-refractivity contribution is 0.519. The number of rotatable bonds is 4. The molecule has 3 rings (SSSR count). The molecule has 0 atom stereocenters. The average Bonchev–Trinajstić information content (AvgIpc) is 2.54. The van der Waals surface area contributed by atoms with Crippen LogP contribution in [0.1, 0.15) is 31.0 Å². The van der Waals surface area contributed by atoms with Crippen molar-refractivity contribution >= 4 is 22.7 Å². The van der Waals surface area contributed by atoms with E-state index in [0.29, 0.717) is 5.39 Å². The molecule has 0 saturated carbocycles. The predicted octanol–water partition coefficient (Wildman–Crippen LogP) is 4.58. The van der Waals surface area contributed by atoms with E-state index in [4.69, 9.17) is 4.98 Å². The molecular formula is C19H20N2OS. The fourth-order valence-electron chi connectivity index (χ4n) is 2.60. The van der Waals surface area contributed by atoms with Crippen molar-refractivity contribution in [1.29, 1.82) is 0 Å². The first kappa shape index (κ1) is 15.8. The Bertz CT molecular complexity index is 899. The zero-order valence-electron chi connectivity index (χ0n) is 13.6. The summed E-state index contributed by atoms with van der Waals surface area (Å²) in [4.78, 5) is 17.5. The first-order valence-corrected chi connectivity index (χ1v) is 8.75. The van der Waals surface area contributed by atoms with E-state index >= 15 is 0 Å². The number of para-hydroxylation sites is 1. The summed E-state index contributed by atoms with van der Waals surface area (Å²) >= 11 is 1.62. The van der Waals surface area contributed by atoms with Gasteiger partial charge < -0.3 is 0 Å². The van der Waals surface area contributed by atoms with Crippen molar-refractivity contribution in [3.05, 3.63) is 70.0 Å². The standard InChI is InChI=1S/C19H20N2OS/c1-13(2)21-18(22)16-10-6-7-11-17(16)20-19(21)23-12-15-9-5-4-8-14(15)3/h4-11,13H,12H2,1-3H3. The van der Waals surface area contributed by atoms with Crippen molar-refractivity contribution in [3.8, 4) is 0 Å². The van der Waals surface area contributed by atoms with Gasteiger partial charge in [0.1, 0.15) is 0 Å². The molecule has 118 valence electrons. The Kier molecular flexibility index (Phi) is 4.53. The molecule has 0 aliphatic rings. The van der Waals surface area contributed by atoms with E-state index in [2.05, 4.69) is 19.1 Å². The van der Waals surface area contributed by atoms with Gasteiger partial charge in [0.2, 0.25) is 0 Å². The summed E-state index contributed by atoms with van der Waals surface area (Å²) in [5.74, 6) is 0.810. The molecule has 0 radical (unpaired) electrons. The monoisotopic (exact) mass is 324 g/mol. The maximum Gasteiger partial charge on any atom is 0.262 e. The van der Waals surface area contributed by atoms with E-state index in [1.807, 2.05) is 50.2 Å². The van der Waals surface area contributed by atoms with Gasteiger partial charge in [0.25, 0.3) is 5.56 Å². The zero-order chi connectivity index (χ0) is 16.4. The van der Waals surface area contributed by atoms with E-state index in [0.717, 1.165) is 16.4 Å². The smallest absolute Gasteiger partial charge is 0.262 e. The Balaban J connectivity index is 2.04. The summed E-state index contributed by atoms with van der Waals surface area (Å²) in [5.41, 5.74) is 3.34. The van der Waals surface area contributed by atoms with Crippen LogP contribution < -0.4 is 5.56 Å². The lowest BCUT2D eigenvalue weighted by atomic mass is 10.1. The quantitative estimate of drug-likeness (QED) is 0.520. The normalized spacial score (nSPS) is 11.3. The van der Waals surface area contributed by atoms with Gasteiger partial charge in [-0.1, -0.05) is 48.2 Å². The van der Waals surface area contributed by atoms with Crippen LogP contribution in [-0.2, 0) is 5.75 Å². The van der Waals surface area contributed by atoms with Gasteiger partial charge in [-0.05, 0) is 44.0 Å². The van der Waals surface area contributed by atoms with Gasteiger partial charge in [0, 0.05) is 11.8 Å². The fraction of sp³-hybridized carbons (Fsp3) is 0.263. The lowest BCUT2D eigenvalue weighted by Crippen LogP contribution is -2.25. The van der Waals surface area contributed by atoms with Crippen LogP contribution in [0.3, 0.4) is 0 Å². The highest BCUT2D eigenvalue weighted by molar-refractivity contribution is 7.98. The van der Waals surface area contributed by atoms with Crippen LogP contribution >= 0.6 is 11.8 Å². The lowest BCUT2D eigenvalue weighted by Gasteiger charge is -2.16. The van der Waals surface area contributed by atoms with Gasteiger partial charge in [-0.2, -0.15) is 0 Å². The molecule has 23 heavy (non-hydrogen) atoms. The number of fused-ring (bicyclic) bond motifs is 1. The Morgan fingerprint density at radius 3 is 2.52 bits per heavy atom. The first-order valence-electron chi connectivity index (χ1n) is 7.76. The molecule has 1 heterocycles. The SMILES string of the molecule is Cc1ccccc1CSc1nc2ccccc2c(=O)n1C(C)C. The molecule has 0 saturated heterocycles. The fourth-order valence-corrected chi connectivity index (χ4v) is 3.80. The molecule has 0 fully saturated rings. The van der Waals surface area contributed by atoms with Crippen molar-refractivity contribution in [2.45, 2.75) is 37.7 Å². The van der Waals surface area contributed by atoms with Crippen LogP contribution in [0.15, 0.2) is 58.5 Å². The van der Waals surface area contributed by atoms with Gasteiger partial charge >= 0.3 is 0 Å². The summed E-state index contributed by atoms with van der Waals surface area (Å²) in [5, 5.41) is 1.47. The molecule has 4 heteroatoms. The van der Waals surface area contributed by atoms with E-state index < -0.39 is 0 Å². The minimum absolute atomic E-state index is 0.0397. The first-order chi connectivity index (χ1) is 11.1. The Hall–Kier alpha value is -2.07. The molecule has 2 aromatic carbocycles. The van der Waals surface area contributed by atoms with Gasteiger partial charge in [-0.25, -0.2) is 4.98 Å². The second kappa shape index (κ2) is 6.59. The third-order valence-electron chi connectivity index (χ3n) is 3.91. The number of hydrogen-bond donors (Lipinski definition) is 0. The summed E-state index contributed by atoms with van der Waals surface area (Å²) in [6.07, 6.45) is 0. The number of aryl methyl sites for hydroxylation is 1. The van der Waals surface area contributed by atoms with Crippen LogP contribution in [0.4, 0.5) is 0 Å². The van der Waals surface area contributed by atoms with Crippen molar-refractivity contribution in [2.24, 2.45) is 0 Å². The topological polar surface area (TPSA) is 34.9 Å². The number of benzene rings is 2. The molecule has 0 spiro atoms. The number of aromatic nitrogens is 2. The van der Waals surface area contributed by atoms with E-state index in [1.54, 1.807) is 16.3 Å². The third kappa shape index (κ3) is 3.17.